The van der Waals surface area contributed by atoms with E-state index in [2.05, 4.69) is 0 Å². The first-order valence-corrected chi connectivity index (χ1v) is 8.98. The Kier molecular flexibility index (Phi) is 5.67. The van der Waals surface area contributed by atoms with Crippen molar-refractivity contribution in [2.24, 2.45) is 0 Å². The molecule has 1 aromatic rings. The van der Waals surface area contributed by atoms with Crippen LogP contribution < -0.4 is 0 Å². The minimum Gasteiger partial charge on any atom is -0.339 e. The van der Waals surface area contributed by atoms with Crippen molar-refractivity contribution in [1.82, 2.24) is 14.7 Å². The first-order valence-electron chi connectivity index (χ1n) is 8.98. The van der Waals surface area contributed by atoms with Crippen LogP contribution in [0.4, 0.5) is 5.69 Å². The zero-order valence-corrected chi connectivity index (χ0v) is 15.2. The summed E-state index contributed by atoms with van der Waals surface area (Å²) in [6, 6.07) is 6.11. The monoisotopic (exact) mass is 388 g/mol. The maximum Gasteiger partial charge on any atom is 0.273 e. The molecule has 0 spiro atoms. The second kappa shape index (κ2) is 8.15. The maximum atomic E-state index is 12.5. The molecular weight excluding hydrogens is 368 g/mol. The number of nitro benzene ring substituents is 1. The molecule has 148 valence electrons. The summed E-state index contributed by atoms with van der Waals surface area (Å²) in [6.07, 6.45) is 0.196. The highest BCUT2D eigenvalue weighted by molar-refractivity contribution is 6.04. The average Bonchev–Trinajstić information content (AvgIpc) is 3.00. The molecule has 2 aliphatic rings. The Morgan fingerprint density at radius 1 is 0.929 bits per heavy atom. The number of imide groups is 1. The Balaban J connectivity index is 1.53. The molecule has 3 rings (SSSR count). The third-order valence-corrected chi connectivity index (χ3v) is 4.96. The molecule has 10 heteroatoms. The van der Waals surface area contributed by atoms with Crippen LogP contribution in [0.3, 0.4) is 0 Å². The van der Waals surface area contributed by atoms with E-state index in [1.165, 1.54) is 11.0 Å². The van der Waals surface area contributed by atoms with Crippen LogP contribution in [0, 0.1) is 10.1 Å². The molecule has 1 aromatic carbocycles. The molecule has 2 saturated heterocycles. The van der Waals surface area contributed by atoms with Gasteiger partial charge in [0.15, 0.2) is 0 Å². The normalized spacial score (nSPS) is 17.2. The molecule has 2 heterocycles. The highest BCUT2D eigenvalue weighted by Gasteiger charge is 2.33. The molecule has 0 radical (unpaired) electrons. The van der Waals surface area contributed by atoms with Gasteiger partial charge in [-0.3, -0.25) is 34.2 Å². The summed E-state index contributed by atoms with van der Waals surface area (Å²) < 4.78 is 0. The van der Waals surface area contributed by atoms with Crippen LogP contribution in [0.15, 0.2) is 24.3 Å². The van der Waals surface area contributed by atoms with E-state index in [0.717, 1.165) is 4.90 Å². The van der Waals surface area contributed by atoms with Crippen LogP contribution in [-0.2, 0) is 25.6 Å². The molecule has 0 aliphatic carbocycles. The van der Waals surface area contributed by atoms with Crippen molar-refractivity contribution in [3.8, 4) is 0 Å². The van der Waals surface area contributed by atoms with Gasteiger partial charge in [-0.25, -0.2) is 0 Å². The van der Waals surface area contributed by atoms with Gasteiger partial charge in [0.2, 0.25) is 23.6 Å². The van der Waals surface area contributed by atoms with Crippen LogP contribution >= 0.6 is 0 Å². The number of likely N-dealkylation sites (tertiary alicyclic amines) is 1. The largest absolute Gasteiger partial charge is 0.339 e. The van der Waals surface area contributed by atoms with E-state index in [4.69, 9.17) is 0 Å². The number of para-hydroxylation sites is 1. The van der Waals surface area contributed by atoms with Crippen molar-refractivity contribution >= 4 is 29.3 Å². The van der Waals surface area contributed by atoms with Crippen molar-refractivity contribution in [3.63, 3.8) is 0 Å². The first kappa shape index (κ1) is 19.5. The third-order valence-electron chi connectivity index (χ3n) is 4.96. The van der Waals surface area contributed by atoms with Gasteiger partial charge < -0.3 is 9.80 Å². The van der Waals surface area contributed by atoms with Crippen LogP contribution in [-0.4, -0.2) is 76.0 Å². The summed E-state index contributed by atoms with van der Waals surface area (Å²) >= 11 is 0. The fourth-order valence-corrected chi connectivity index (χ4v) is 3.35. The van der Waals surface area contributed by atoms with Crippen molar-refractivity contribution in [1.29, 1.82) is 0 Å². The van der Waals surface area contributed by atoms with Crippen LogP contribution in [0.25, 0.3) is 0 Å². The Morgan fingerprint density at radius 2 is 1.46 bits per heavy atom. The molecule has 2 aliphatic heterocycles. The topological polar surface area (TPSA) is 121 Å². The van der Waals surface area contributed by atoms with Crippen LogP contribution in [0.5, 0.6) is 0 Å². The van der Waals surface area contributed by atoms with Crippen molar-refractivity contribution < 1.29 is 24.1 Å². The molecule has 0 unspecified atom stereocenters. The van der Waals surface area contributed by atoms with Gasteiger partial charge >= 0.3 is 0 Å². The maximum absolute atomic E-state index is 12.5. The summed E-state index contributed by atoms with van der Waals surface area (Å²) in [7, 11) is 0. The molecule has 0 atom stereocenters. The zero-order chi connectivity index (χ0) is 20.3. The zero-order valence-electron chi connectivity index (χ0n) is 15.2. The SMILES string of the molecule is O=C(Cc1ccccc1[N+](=O)[O-])N1CCN(C(=O)CN2C(=O)CCC2=O)CC1. The van der Waals surface area contributed by atoms with Gasteiger partial charge in [-0.15, -0.1) is 0 Å². The standard InChI is InChI=1S/C18H20N4O6/c23-15-5-6-16(24)21(15)12-18(26)20-9-7-19(8-10-20)17(25)11-13-3-1-2-4-14(13)22(27)28/h1-4H,5-12H2. The lowest BCUT2D eigenvalue weighted by atomic mass is 10.1. The highest BCUT2D eigenvalue weighted by atomic mass is 16.6. The summed E-state index contributed by atoms with van der Waals surface area (Å²) in [5, 5.41) is 11.1. The van der Waals surface area contributed by atoms with Gasteiger partial charge in [0.25, 0.3) is 5.69 Å². The first-order chi connectivity index (χ1) is 13.4. The quantitative estimate of drug-likeness (QED) is 0.396. The molecule has 0 aromatic heterocycles. The van der Waals surface area contributed by atoms with Crippen LogP contribution in [0.2, 0.25) is 0 Å². The molecule has 10 nitrogen and oxygen atoms in total. The smallest absolute Gasteiger partial charge is 0.273 e. The number of nitro groups is 1. The fourth-order valence-electron chi connectivity index (χ4n) is 3.35. The molecule has 0 bridgehead atoms. The Bertz CT molecular complexity index is 815. The number of amides is 4. The van der Waals surface area contributed by atoms with Gasteiger partial charge in [-0.1, -0.05) is 18.2 Å². The fraction of sp³-hybridized carbons (Fsp3) is 0.444. The van der Waals surface area contributed by atoms with Crippen molar-refractivity contribution in [2.75, 3.05) is 32.7 Å². The van der Waals surface area contributed by atoms with Crippen LogP contribution in [0.1, 0.15) is 18.4 Å². The molecule has 28 heavy (non-hydrogen) atoms. The van der Waals surface area contributed by atoms with E-state index in [1.807, 2.05) is 0 Å². The summed E-state index contributed by atoms with van der Waals surface area (Å²) in [6.45, 7) is 0.914. The lowest BCUT2D eigenvalue weighted by Gasteiger charge is -2.35. The molecule has 2 fully saturated rings. The van der Waals surface area contributed by atoms with Gasteiger partial charge in [0.05, 0.1) is 11.3 Å². The minimum absolute atomic E-state index is 0.0815. The summed E-state index contributed by atoms with van der Waals surface area (Å²) in [4.78, 5) is 62.7. The van der Waals surface area contributed by atoms with Gasteiger partial charge in [0, 0.05) is 50.7 Å². The second-order valence-corrected chi connectivity index (χ2v) is 6.70. The van der Waals surface area contributed by atoms with E-state index in [-0.39, 0.29) is 68.2 Å². The lowest BCUT2D eigenvalue weighted by molar-refractivity contribution is -0.385. The average molecular weight is 388 g/mol. The lowest BCUT2D eigenvalue weighted by Crippen LogP contribution is -2.53. The Morgan fingerprint density at radius 3 is 2.04 bits per heavy atom. The molecular formula is C18H20N4O6. The number of rotatable bonds is 5. The number of benzene rings is 1. The van der Waals surface area contributed by atoms with E-state index < -0.39 is 4.92 Å². The Hall–Kier alpha value is -3.30. The predicted octanol–water partition coefficient (Wildman–Crippen LogP) is -0.0429. The number of carbonyl (C=O) groups is 4. The van der Waals surface area contributed by atoms with Gasteiger partial charge in [-0.2, -0.15) is 0 Å². The summed E-state index contributed by atoms with van der Waals surface area (Å²) in [5.74, 6) is -1.24. The number of nitrogens with zero attached hydrogens (tertiary/aromatic N) is 4. The van der Waals surface area contributed by atoms with E-state index in [1.54, 1.807) is 23.1 Å². The van der Waals surface area contributed by atoms with Gasteiger partial charge in [-0.05, 0) is 0 Å². The van der Waals surface area contributed by atoms with Crippen molar-refractivity contribution in [2.45, 2.75) is 19.3 Å². The number of carbonyl (C=O) groups excluding carboxylic acids is 4. The molecule has 0 saturated carbocycles. The van der Waals surface area contributed by atoms with E-state index in [0.29, 0.717) is 18.7 Å². The highest BCUT2D eigenvalue weighted by Crippen LogP contribution is 2.19. The Labute approximate surface area is 160 Å². The predicted molar refractivity (Wildman–Crippen MR) is 95.9 cm³/mol. The van der Waals surface area contributed by atoms with Crippen molar-refractivity contribution in [3.05, 3.63) is 39.9 Å². The number of piperazine rings is 1. The minimum atomic E-state index is -0.514. The van der Waals surface area contributed by atoms with E-state index >= 15 is 0 Å². The summed E-state index contributed by atoms with van der Waals surface area (Å²) in [5.41, 5.74) is 0.256. The molecule has 4 amide bonds. The van der Waals surface area contributed by atoms with E-state index in [9.17, 15) is 29.3 Å². The van der Waals surface area contributed by atoms with Gasteiger partial charge in [0.1, 0.15) is 6.54 Å². The third kappa shape index (κ3) is 4.16. The second-order valence-electron chi connectivity index (χ2n) is 6.70. The molecule has 0 N–H and O–H groups in total. The number of hydrogen-bond acceptors (Lipinski definition) is 6. The number of hydrogen-bond donors (Lipinski definition) is 0.